The molecule has 22 heavy (non-hydrogen) atoms. The molecular weight excluding hydrogens is 288 g/mol. The van der Waals surface area contributed by atoms with Gasteiger partial charge < -0.3 is 10.5 Å². The normalized spacial score (nSPS) is 15.9. The van der Waals surface area contributed by atoms with Gasteiger partial charge in [-0.3, -0.25) is 23.6 Å². The zero-order valence-corrected chi connectivity index (χ0v) is 13.0. The fourth-order valence-electron chi connectivity index (χ4n) is 2.53. The molecule has 2 N–H and O–H groups in total. The lowest BCUT2D eigenvalue weighted by molar-refractivity contribution is 0.0371. The van der Waals surface area contributed by atoms with Gasteiger partial charge in [0.15, 0.2) is 5.78 Å². The molecule has 1 fully saturated rings. The van der Waals surface area contributed by atoms with Crippen molar-refractivity contribution in [3.05, 3.63) is 26.4 Å². The Bertz CT molecular complexity index is 671. The second kappa shape index (κ2) is 6.89. The summed E-state index contributed by atoms with van der Waals surface area (Å²) in [7, 11) is 1.36. The molecule has 1 aromatic rings. The van der Waals surface area contributed by atoms with Crippen LogP contribution in [0.5, 0.6) is 0 Å². The van der Waals surface area contributed by atoms with Crippen LogP contribution < -0.4 is 17.0 Å². The van der Waals surface area contributed by atoms with Crippen molar-refractivity contribution >= 4 is 11.6 Å². The maximum Gasteiger partial charge on any atom is 0.332 e. The summed E-state index contributed by atoms with van der Waals surface area (Å²) in [5.74, 6) is -0.391. The van der Waals surface area contributed by atoms with Crippen LogP contribution in [0.3, 0.4) is 0 Å². The van der Waals surface area contributed by atoms with Crippen LogP contribution >= 0.6 is 0 Å². The third-order valence-electron chi connectivity index (χ3n) is 3.78. The summed E-state index contributed by atoms with van der Waals surface area (Å²) in [6, 6.07) is 0. The van der Waals surface area contributed by atoms with E-state index in [0.29, 0.717) is 39.3 Å². The number of Topliss-reactive ketones (excluding diaryl/α,β-unsaturated/α-hetero) is 1. The number of rotatable bonds is 5. The number of ketones is 1. The van der Waals surface area contributed by atoms with Crippen LogP contribution in [0.1, 0.15) is 23.7 Å². The Morgan fingerprint density at radius 2 is 1.91 bits per heavy atom. The number of morpholine rings is 1. The van der Waals surface area contributed by atoms with Crippen molar-refractivity contribution < 1.29 is 9.53 Å². The minimum Gasteiger partial charge on any atom is -0.384 e. The van der Waals surface area contributed by atoms with Gasteiger partial charge in [0.05, 0.1) is 19.8 Å². The first-order chi connectivity index (χ1) is 10.5. The lowest BCUT2D eigenvalue weighted by Crippen LogP contribution is -2.45. The van der Waals surface area contributed by atoms with E-state index < -0.39 is 11.2 Å². The van der Waals surface area contributed by atoms with Crippen LogP contribution in [0.4, 0.5) is 5.82 Å². The molecule has 0 radical (unpaired) electrons. The Hall–Kier alpha value is -1.93. The smallest absolute Gasteiger partial charge is 0.332 e. The average molecular weight is 310 g/mol. The van der Waals surface area contributed by atoms with Gasteiger partial charge in [0.25, 0.3) is 5.56 Å². The third kappa shape index (κ3) is 3.12. The second-order valence-corrected chi connectivity index (χ2v) is 5.37. The minimum atomic E-state index is -0.631. The van der Waals surface area contributed by atoms with Crippen molar-refractivity contribution in [2.75, 3.05) is 38.6 Å². The molecule has 2 heterocycles. The lowest BCUT2D eigenvalue weighted by atomic mass is 10.1. The fourth-order valence-corrected chi connectivity index (χ4v) is 2.53. The molecule has 2 rings (SSSR count). The van der Waals surface area contributed by atoms with Crippen molar-refractivity contribution in [3.8, 4) is 0 Å². The Labute approximate surface area is 128 Å². The van der Waals surface area contributed by atoms with Crippen LogP contribution in [-0.2, 0) is 18.3 Å². The highest BCUT2D eigenvalue weighted by atomic mass is 16.5. The molecular formula is C14H22N4O4. The van der Waals surface area contributed by atoms with Crippen molar-refractivity contribution in [2.45, 2.75) is 19.9 Å². The highest BCUT2D eigenvalue weighted by molar-refractivity contribution is 6.01. The Morgan fingerprint density at radius 3 is 2.50 bits per heavy atom. The van der Waals surface area contributed by atoms with Gasteiger partial charge >= 0.3 is 5.69 Å². The molecule has 0 atom stereocenters. The summed E-state index contributed by atoms with van der Waals surface area (Å²) in [6.07, 6.45) is 0.680. The van der Waals surface area contributed by atoms with Crippen molar-refractivity contribution in [1.29, 1.82) is 0 Å². The predicted octanol–water partition coefficient (Wildman–Crippen LogP) is -0.946. The average Bonchev–Trinajstić information content (AvgIpc) is 2.50. The van der Waals surface area contributed by atoms with Gasteiger partial charge in [0.2, 0.25) is 0 Å². The van der Waals surface area contributed by atoms with Crippen LogP contribution in [0, 0.1) is 0 Å². The van der Waals surface area contributed by atoms with Crippen molar-refractivity contribution in [1.82, 2.24) is 14.0 Å². The summed E-state index contributed by atoms with van der Waals surface area (Å²) < 4.78 is 7.46. The van der Waals surface area contributed by atoms with E-state index in [1.54, 1.807) is 0 Å². The molecule has 0 saturated carbocycles. The first-order valence-electron chi connectivity index (χ1n) is 7.40. The topological polar surface area (TPSA) is 99.6 Å². The largest absolute Gasteiger partial charge is 0.384 e. The van der Waals surface area contributed by atoms with Crippen molar-refractivity contribution in [2.24, 2.45) is 7.05 Å². The Balaban J connectivity index is 2.39. The molecule has 1 aliphatic heterocycles. The summed E-state index contributed by atoms with van der Waals surface area (Å²) >= 11 is 0. The molecule has 0 bridgehead atoms. The fraction of sp³-hybridized carbons (Fsp3) is 0.643. The van der Waals surface area contributed by atoms with Crippen LogP contribution in [0.25, 0.3) is 0 Å². The summed E-state index contributed by atoms with van der Waals surface area (Å²) in [6.45, 7) is 4.78. The quantitative estimate of drug-likeness (QED) is 0.704. The van der Waals surface area contributed by atoms with E-state index in [-0.39, 0.29) is 23.7 Å². The molecule has 122 valence electrons. The monoisotopic (exact) mass is 310 g/mol. The van der Waals surface area contributed by atoms with Gasteiger partial charge in [-0.25, -0.2) is 4.79 Å². The maximum atomic E-state index is 12.5. The molecule has 0 aliphatic carbocycles. The number of nitrogens with two attached hydrogens (primary N) is 1. The number of hydrogen-bond acceptors (Lipinski definition) is 6. The zero-order valence-electron chi connectivity index (χ0n) is 13.0. The number of nitrogens with zero attached hydrogens (tertiary/aromatic N) is 3. The summed E-state index contributed by atoms with van der Waals surface area (Å²) in [5, 5.41) is 0. The standard InChI is InChI=1S/C14H22N4O4/c1-3-4-18-12(15)11(13(20)16(2)14(18)21)10(19)9-17-5-7-22-8-6-17/h3-9,15H2,1-2H3. The number of aromatic nitrogens is 2. The van der Waals surface area contributed by atoms with E-state index in [0.717, 1.165) is 4.57 Å². The highest BCUT2D eigenvalue weighted by Gasteiger charge is 2.23. The minimum absolute atomic E-state index is 0.0341. The Morgan fingerprint density at radius 1 is 1.27 bits per heavy atom. The van der Waals surface area contributed by atoms with Gasteiger partial charge in [-0.1, -0.05) is 6.92 Å². The van der Waals surface area contributed by atoms with E-state index >= 15 is 0 Å². The number of nitrogen functional groups attached to an aromatic ring is 1. The van der Waals surface area contributed by atoms with E-state index in [4.69, 9.17) is 10.5 Å². The van der Waals surface area contributed by atoms with E-state index in [1.807, 2.05) is 11.8 Å². The molecule has 1 saturated heterocycles. The summed E-state index contributed by atoms with van der Waals surface area (Å²) in [4.78, 5) is 38.7. The predicted molar refractivity (Wildman–Crippen MR) is 82.2 cm³/mol. The molecule has 0 amide bonds. The maximum absolute atomic E-state index is 12.5. The van der Waals surface area contributed by atoms with E-state index in [9.17, 15) is 14.4 Å². The molecule has 0 aromatic carbocycles. The number of hydrogen-bond donors (Lipinski definition) is 1. The van der Waals surface area contributed by atoms with Gasteiger partial charge in [-0.05, 0) is 6.42 Å². The molecule has 0 unspecified atom stereocenters. The van der Waals surface area contributed by atoms with Crippen LogP contribution in [0.15, 0.2) is 9.59 Å². The van der Waals surface area contributed by atoms with Crippen LogP contribution in [-0.4, -0.2) is 52.7 Å². The first-order valence-corrected chi connectivity index (χ1v) is 7.40. The molecule has 8 nitrogen and oxygen atoms in total. The second-order valence-electron chi connectivity index (χ2n) is 5.37. The van der Waals surface area contributed by atoms with Gasteiger partial charge in [-0.15, -0.1) is 0 Å². The van der Waals surface area contributed by atoms with Crippen LogP contribution in [0.2, 0.25) is 0 Å². The highest BCUT2D eigenvalue weighted by Crippen LogP contribution is 2.08. The molecule has 1 aliphatic rings. The van der Waals surface area contributed by atoms with Gasteiger partial charge in [0, 0.05) is 26.7 Å². The van der Waals surface area contributed by atoms with E-state index in [2.05, 4.69) is 0 Å². The third-order valence-corrected chi connectivity index (χ3v) is 3.78. The number of carbonyl (C=O) groups is 1. The molecule has 8 heteroatoms. The van der Waals surface area contributed by atoms with E-state index in [1.165, 1.54) is 11.6 Å². The van der Waals surface area contributed by atoms with Gasteiger partial charge in [0.1, 0.15) is 11.4 Å². The first kappa shape index (κ1) is 16.4. The number of ether oxygens (including phenoxy) is 1. The number of carbonyl (C=O) groups excluding carboxylic acids is 1. The Kier molecular flexibility index (Phi) is 5.15. The zero-order chi connectivity index (χ0) is 16.3. The van der Waals surface area contributed by atoms with Crippen molar-refractivity contribution in [3.63, 3.8) is 0 Å². The summed E-state index contributed by atoms with van der Waals surface area (Å²) in [5.41, 5.74) is 4.71. The lowest BCUT2D eigenvalue weighted by Gasteiger charge is -2.26. The SMILES string of the molecule is CCCn1c(N)c(C(=O)CN2CCOCC2)c(=O)n(C)c1=O. The molecule has 0 spiro atoms. The molecule has 1 aromatic heterocycles. The van der Waals surface area contributed by atoms with Gasteiger partial charge in [-0.2, -0.15) is 0 Å². The number of anilines is 1.